The van der Waals surface area contributed by atoms with Gasteiger partial charge >= 0.3 is 11.9 Å². The van der Waals surface area contributed by atoms with Crippen LogP contribution in [-0.2, 0) is 23.8 Å². The van der Waals surface area contributed by atoms with Gasteiger partial charge in [0.2, 0.25) is 0 Å². The lowest BCUT2D eigenvalue weighted by Crippen LogP contribution is -2.52. The van der Waals surface area contributed by atoms with Gasteiger partial charge in [0.25, 0.3) is 0 Å². The molecular formula is C29H50O5. The van der Waals surface area contributed by atoms with Crippen molar-refractivity contribution in [2.24, 2.45) is 11.8 Å². The zero-order chi connectivity index (χ0) is 24.6. The molecule has 2 heterocycles. The normalized spacial score (nSPS) is 33.0. The van der Waals surface area contributed by atoms with Gasteiger partial charge < -0.3 is 14.2 Å². The highest BCUT2D eigenvalue weighted by molar-refractivity contribution is 5.70. The molecule has 5 heteroatoms. The van der Waals surface area contributed by atoms with Gasteiger partial charge in [-0.1, -0.05) is 77.4 Å². The summed E-state index contributed by atoms with van der Waals surface area (Å²) in [5.74, 6) is 0.0983. The topological polar surface area (TPSA) is 61.8 Å². The van der Waals surface area contributed by atoms with E-state index in [0.717, 1.165) is 25.7 Å². The zero-order valence-electron chi connectivity index (χ0n) is 22.1. The van der Waals surface area contributed by atoms with Crippen LogP contribution in [0, 0.1) is 11.8 Å². The van der Waals surface area contributed by atoms with E-state index in [1.165, 1.54) is 64.2 Å². The van der Waals surface area contributed by atoms with E-state index >= 15 is 0 Å². The maximum atomic E-state index is 12.6. The average Bonchev–Trinajstić information content (AvgIpc) is 2.82. The Morgan fingerprint density at radius 1 is 0.647 bits per heavy atom. The predicted octanol–water partition coefficient (Wildman–Crippen LogP) is 7.31. The molecule has 2 aliphatic rings. The van der Waals surface area contributed by atoms with Gasteiger partial charge in [-0.2, -0.15) is 0 Å². The van der Waals surface area contributed by atoms with Crippen LogP contribution < -0.4 is 0 Å². The molecule has 34 heavy (non-hydrogen) atoms. The van der Waals surface area contributed by atoms with Gasteiger partial charge in [-0.3, -0.25) is 9.59 Å². The Labute approximate surface area is 208 Å². The first-order chi connectivity index (χ1) is 16.5. The molecule has 0 saturated carbocycles. The van der Waals surface area contributed by atoms with E-state index in [4.69, 9.17) is 14.2 Å². The van der Waals surface area contributed by atoms with Crippen molar-refractivity contribution in [1.29, 1.82) is 0 Å². The standard InChI is InChI=1S/C29H50O5/c1-23-24(2)29-26(33-25(23)3)22-32-27(30)20-18-16-14-12-10-8-6-4-5-7-9-11-13-15-17-19-21-28(31)34-29/h4-5,23-26,29H,6-22H2,1-3H3/t23-,24-,25+,26-,29+/m1/s1. The number of carbonyl (C=O) groups excluding carboxylic acids is 2. The fraction of sp³-hybridized carbons (Fsp3) is 0.862. The van der Waals surface area contributed by atoms with Crippen LogP contribution in [0.15, 0.2) is 12.2 Å². The average molecular weight is 479 g/mol. The summed E-state index contributed by atoms with van der Waals surface area (Å²) in [5, 5.41) is 0. The summed E-state index contributed by atoms with van der Waals surface area (Å²) >= 11 is 0. The summed E-state index contributed by atoms with van der Waals surface area (Å²) in [6, 6.07) is 0. The fourth-order valence-electron chi connectivity index (χ4n) is 5.03. The molecule has 0 unspecified atom stereocenters. The molecule has 0 aromatic carbocycles. The molecule has 0 bridgehead atoms. The molecule has 0 aromatic heterocycles. The Morgan fingerprint density at radius 3 is 1.74 bits per heavy atom. The third-order valence-corrected chi connectivity index (χ3v) is 7.69. The van der Waals surface area contributed by atoms with E-state index in [0.29, 0.717) is 12.8 Å². The van der Waals surface area contributed by atoms with E-state index in [1.807, 2.05) is 6.92 Å². The summed E-state index contributed by atoms with van der Waals surface area (Å²) in [6.07, 6.45) is 21.0. The van der Waals surface area contributed by atoms with E-state index in [-0.39, 0.29) is 42.6 Å². The van der Waals surface area contributed by atoms with Gasteiger partial charge in [0, 0.05) is 18.8 Å². The number of fused-ring (bicyclic) bond motifs is 1. The first-order valence-corrected chi connectivity index (χ1v) is 14.1. The van der Waals surface area contributed by atoms with Crippen LogP contribution in [0.1, 0.15) is 124 Å². The van der Waals surface area contributed by atoms with Gasteiger partial charge in [-0.25, -0.2) is 0 Å². The van der Waals surface area contributed by atoms with Gasteiger partial charge in [-0.05, 0) is 51.4 Å². The molecule has 5 atom stereocenters. The van der Waals surface area contributed by atoms with Crippen LogP contribution in [-0.4, -0.2) is 36.9 Å². The highest BCUT2D eigenvalue weighted by Crippen LogP contribution is 2.33. The van der Waals surface area contributed by atoms with Crippen LogP contribution in [0.3, 0.4) is 0 Å². The van der Waals surface area contributed by atoms with Crippen molar-refractivity contribution >= 4 is 11.9 Å². The van der Waals surface area contributed by atoms with Gasteiger partial charge in [-0.15, -0.1) is 0 Å². The predicted molar refractivity (Wildman–Crippen MR) is 137 cm³/mol. The molecular weight excluding hydrogens is 428 g/mol. The molecule has 0 radical (unpaired) electrons. The Morgan fingerprint density at radius 2 is 1.15 bits per heavy atom. The van der Waals surface area contributed by atoms with Crippen molar-refractivity contribution in [2.75, 3.05) is 6.61 Å². The highest BCUT2D eigenvalue weighted by atomic mass is 16.6. The second-order valence-corrected chi connectivity index (χ2v) is 10.5. The van der Waals surface area contributed by atoms with Crippen molar-refractivity contribution in [1.82, 2.24) is 0 Å². The Hall–Kier alpha value is -1.36. The maximum absolute atomic E-state index is 12.6. The van der Waals surface area contributed by atoms with Gasteiger partial charge in [0.05, 0.1) is 6.10 Å². The van der Waals surface area contributed by atoms with Crippen molar-refractivity contribution in [3.63, 3.8) is 0 Å². The summed E-state index contributed by atoms with van der Waals surface area (Å²) in [5.41, 5.74) is 0. The van der Waals surface area contributed by atoms with Crippen LogP contribution in [0.5, 0.6) is 0 Å². The summed E-state index contributed by atoms with van der Waals surface area (Å²) in [7, 11) is 0. The first kappa shape index (κ1) is 28.9. The number of carbonyl (C=O) groups is 2. The molecule has 0 aliphatic carbocycles. The highest BCUT2D eigenvalue weighted by Gasteiger charge is 2.42. The summed E-state index contributed by atoms with van der Waals surface area (Å²) in [6.45, 7) is 6.45. The van der Waals surface area contributed by atoms with Crippen LogP contribution in [0.4, 0.5) is 0 Å². The number of hydrogen-bond donors (Lipinski definition) is 0. The maximum Gasteiger partial charge on any atom is 0.306 e. The quantitative estimate of drug-likeness (QED) is 0.270. The number of cyclic esters (lactones) is 1. The van der Waals surface area contributed by atoms with E-state index in [2.05, 4.69) is 26.0 Å². The summed E-state index contributed by atoms with van der Waals surface area (Å²) in [4.78, 5) is 24.9. The molecule has 5 nitrogen and oxygen atoms in total. The second-order valence-electron chi connectivity index (χ2n) is 10.5. The van der Waals surface area contributed by atoms with Crippen LogP contribution in [0.25, 0.3) is 0 Å². The lowest BCUT2D eigenvalue weighted by atomic mass is 9.82. The minimum Gasteiger partial charge on any atom is -0.463 e. The third kappa shape index (κ3) is 11.4. The van der Waals surface area contributed by atoms with Crippen LogP contribution >= 0.6 is 0 Å². The minimum atomic E-state index is -0.391. The number of hydrogen-bond acceptors (Lipinski definition) is 5. The van der Waals surface area contributed by atoms with E-state index in [9.17, 15) is 9.59 Å². The molecule has 1 fully saturated rings. The Kier molecular flexibility index (Phi) is 14.5. The van der Waals surface area contributed by atoms with Gasteiger partial charge in [0.15, 0.2) is 0 Å². The monoisotopic (exact) mass is 478 g/mol. The zero-order valence-corrected chi connectivity index (χ0v) is 22.1. The largest absolute Gasteiger partial charge is 0.463 e. The van der Waals surface area contributed by atoms with Crippen LogP contribution in [0.2, 0.25) is 0 Å². The Bertz CT molecular complexity index is 601. The van der Waals surface area contributed by atoms with E-state index < -0.39 is 6.10 Å². The molecule has 0 N–H and O–H groups in total. The number of rotatable bonds is 0. The minimum absolute atomic E-state index is 0.0416. The number of ether oxygens (including phenoxy) is 3. The molecule has 0 spiro atoms. The van der Waals surface area contributed by atoms with Crippen molar-refractivity contribution in [2.45, 2.75) is 142 Å². The lowest BCUT2D eigenvalue weighted by Gasteiger charge is -2.43. The molecule has 0 amide bonds. The third-order valence-electron chi connectivity index (χ3n) is 7.69. The smallest absolute Gasteiger partial charge is 0.306 e. The SMILES string of the molecule is C[C@@H]1[C@@H](C)[C@H](C)O[C@@H]2COC(=O)CCCCCCCCC=CCCCCCCCCC(=O)O[C@@H]12. The number of allylic oxidation sites excluding steroid dienone is 2. The molecule has 2 rings (SSSR count). The fourth-order valence-corrected chi connectivity index (χ4v) is 5.03. The van der Waals surface area contributed by atoms with Crippen molar-refractivity contribution < 1.29 is 23.8 Å². The number of esters is 2. The first-order valence-electron chi connectivity index (χ1n) is 14.1. The van der Waals surface area contributed by atoms with Gasteiger partial charge in [0.1, 0.15) is 18.8 Å². The summed E-state index contributed by atoms with van der Waals surface area (Å²) < 4.78 is 17.6. The lowest BCUT2D eigenvalue weighted by molar-refractivity contribution is -0.204. The Balaban J connectivity index is 1.87. The molecule has 1 saturated heterocycles. The van der Waals surface area contributed by atoms with Crippen molar-refractivity contribution in [3.8, 4) is 0 Å². The van der Waals surface area contributed by atoms with E-state index in [1.54, 1.807) is 0 Å². The molecule has 196 valence electrons. The van der Waals surface area contributed by atoms with Crippen molar-refractivity contribution in [3.05, 3.63) is 12.2 Å². The second kappa shape index (κ2) is 17.1. The molecule has 0 aromatic rings. The molecule has 2 aliphatic heterocycles.